The number of urea groups is 1. The van der Waals surface area contributed by atoms with Crippen LogP contribution in [0.2, 0.25) is 0 Å². The van der Waals surface area contributed by atoms with Gasteiger partial charge in [-0.1, -0.05) is 30.3 Å². The highest BCUT2D eigenvalue weighted by molar-refractivity contribution is 5.88. The van der Waals surface area contributed by atoms with E-state index >= 15 is 0 Å². The lowest BCUT2D eigenvalue weighted by atomic mass is 10.0. The van der Waals surface area contributed by atoms with E-state index in [-0.39, 0.29) is 18.6 Å². The number of carbonyl (C=O) groups is 1. The van der Waals surface area contributed by atoms with Gasteiger partial charge in [-0.3, -0.25) is 5.32 Å². The molecule has 0 spiro atoms. The summed E-state index contributed by atoms with van der Waals surface area (Å²) < 4.78 is 0. The number of aliphatic hydroxyl groups is 1. The number of anilines is 1. The standard InChI is InChI=1S/C17H21N3O2/c1-12-8-13(2)19-16(9-12)20-17(22)18-10-15(11-21)14-6-4-3-5-7-14/h3-9,15,21H,10-11H2,1-2H3,(H2,18,19,20,22)/t15-/m0/s1. The zero-order valence-electron chi connectivity index (χ0n) is 12.8. The number of pyridine rings is 1. The molecule has 0 saturated carbocycles. The van der Waals surface area contributed by atoms with E-state index in [0.29, 0.717) is 12.4 Å². The van der Waals surface area contributed by atoms with Gasteiger partial charge in [-0.05, 0) is 37.1 Å². The second-order valence-corrected chi connectivity index (χ2v) is 5.30. The summed E-state index contributed by atoms with van der Waals surface area (Å²) in [6.07, 6.45) is 0. The maximum absolute atomic E-state index is 11.9. The van der Waals surface area contributed by atoms with E-state index in [9.17, 15) is 9.90 Å². The highest BCUT2D eigenvalue weighted by atomic mass is 16.3. The van der Waals surface area contributed by atoms with Gasteiger partial charge in [0.1, 0.15) is 5.82 Å². The van der Waals surface area contributed by atoms with E-state index in [1.165, 1.54) is 0 Å². The van der Waals surface area contributed by atoms with E-state index in [0.717, 1.165) is 16.8 Å². The molecule has 22 heavy (non-hydrogen) atoms. The van der Waals surface area contributed by atoms with Crippen LogP contribution in [0.25, 0.3) is 0 Å². The van der Waals surface area contributed by atoms with E-state index in [2.05, 4.69) is 15.6 Å². The fourth-order valence-corrected chi connectivity index (χ4v) is 2.29. The smallest absolute Gasteiger partial charge is 0.320 e. The molecular formula is C17H21N3O2. The molecule has 0 unspecified atom stereocenters. The molecule has 0 bridgehead atoms. The average Bonchev–Trinajstić information content (AvgIpc) is 2.48. The monoisotopic (exact) mass is 299 g/mol. The van der Waals surface area contributed by atoms with E-state index in [4.69, 9.17) is 0 Å². The summed E-state index contributed by atoms with van der Waals surface area (Å²) in [5.41, 5.74) is 2.89. The highest BCUT2D eigenvalue weighted by Gasteiger charge is 2.12. The third-order valence-corrected chi connectivity index (χ3v) is 3.34. The Bertz CT molecular complexity index is 609. The minimum Gasteiger partial charge on any atom is -0.396 e. The zero-order valence-corrected chi connectivity index (χ0v) is 12.8. The first-order valence-electron chi connectivity index (χ1n) is 7.24. The van der Waals surface area contributed by atoms with Gasteiger partial charge in [0, 0.05) is 18.2 Å². The van der Waals surface area contributed by atoms with Gasteiger partial charge in [0.25, 0.3) is 0 Å². The third kappa shape index (κ3) is 4.56. The number of benzene rings is 1. The number of hydrogen-bond donors (Lipinski definition) is 3. The first-order chi connectivity index (χ1) is 10.6. The molecule has 1 heterocycles. The van der Waals surface area contributed by atoms with Gasteiger partial charge in [0.2, 0.25) is 0 Å². The summed E-state index contributed by atoms with van der Waals surface area (Å²) in [7, 11) is 0. The molecule has 1 atom stereocenters. The summed E-state index contributed by atoms with van der Waals surface area (Å²) in [5, 5.41) is 15.0. The molecule has 0 saturated heterocycles. The van der Waals surface area contributed by atoms with Crippen LogP contribution in [-0.2, 0) is 0 Å². The van der Waals surface area contributed by atoms with Gasteiger partial charge in [-0.15, -0.1) is 0 Å². The van der Waals surface area contributed by atoms with Gasteiger partial charge >= 0.3 is 6.03 Å². The first kappa shape index (κ1) is 16.0. The Balaban J connectivity index is 1.91. The van der Waals surface area contributed by atoms with Crippen molar-refractivity contribution in [2.75, 3.05) is 18.5 Å². The SMILES string of the molecule is Cc1cc(C)nc(NC(=O)NC[C@@H](CO)c2ccccc2)c1. The van der Waals surface area contributed by atoms with Gasteiger partial charge < -0.3 is 10.4 Å². The predicted molar refractivity (Wildman–Crippen MR) is 87.0 cm³/mol. The normalized spacial score (nSPS) is 11.8. The molecule has 5 nitrogen and oxygen atoms in total. The maximum atomic E-state index is 11.9. The van der Waals surface area contributed by atoms with Crippen molar-refractivity contribution < 1.29 is 9.90 Å². The molecular weight excluding hydrogens is 278 g/mol. The van der Waals surface area contributed by atoms with Crippen molar-refractivity contribution in [3.05, 3.63) is 59.3 Å². The van der Waals surface area contributed by atoms with Crippen molar-refractivity contribution >= 4 is 11.8 Å². The quantitative estimate of drug-likeness (QED) is 0.794. The lowest BCUT2D eigenvalue weighted by Gasteiger charge is -2.16. The van der Waals surface area contributed by atoms with Gasteiger partial charge in [-0.25, -0.2) is 9.78 Å². The van der Waals surface area contributed by atoms with Crippen LogP contribution < -0.4 is 10.6 Å². The Morgan fingerprint density at radius 1 is 1.23 bits per heavy atom. The second kappa shape index (κ2) is 7.56. The Hall–Kier alpha value is -2.40. The van der Waals surface area contributed by atoms with Crippen molar-refractivity contribution in [2.24, 2.45) is 0 Å². The minimum atomic E-state index is -0.327. The number of amides is 2. The third-order valence-electron chi connectivity index (χ3n) is 3.34. The summed E-state index contributed by atoms with van der Waals surface area (Å²) in [6, 6.07) is 13.1. The minimum absolute atomic E-state index is 0.0217. The van der Waals surface area contributed by atoms with Crippen molar-refractivity contribution in [2.45, 2.75) is 19.8 Å². The van der Waals surface area contributed by atoms with Crippen LogP contribution in [0.1, 0.15) is 22.7 Å². The lowest BCUT2D eigenvalue weighted by molar-refractivity contribution is 0.243. The molecule has 0 aliphatic carbocycles. The Kier molecular flexibility index (Phi) is 5.49. The molecule has 2 aromatic rings. The van der Waals surface area contributed by atoms with Gasteiger partial charge in [0.15, 0.2) is 0 Å². The molecule has 2 rings (SSSR count). The van der Waals surface area contributed by atoms with Gasteiger partial charge in [-0.2, -0.15) is 0 Å². The van der Waals surface area contributed by atoms with E-state index in [1.807, 2.05) is 56.3 Å². The molecule has 3 N–H and O–H groups in total. The summed E-state index contributed by atoms with van der Waals surface area (Å²) in [6.45, 7) is 4.17. The van der Waals surface area contributed by atoms with Crippen molar-refractivity contribution in [3.8, 4) is 0 Å². The predicted octanol–water partition coefficient (Wildman–Crippen LogP) is 2.60. The van der Waals surface area contributed by atoms with Crippen molar-refractivity contribution in [3.63, 3.8) is 0 Å². The van der Waals surface area contributed by atoms with Crippen molar-refractivity contribution in [1.29, 1.82) is 0 Å². The Morgan fingerprint density at radius 3 is 2.59 bits per heavy atom. The molecule has 5 heteroatoms. The van der Waals surface area contributed by atoms with E-state index in [1.54, 1.807) is 0 Å². The van der Waals surface area contributed by atoms with Crippen LogP contribution in [0.5, 0.6) is 0 Å². The molecule has 0 fully saturated rings. The zero-order chi connectivity index (χ0) is 15.9. The van der Waals surface area contributed by atoms with Crippen LogP contribution in [0.3, 0.4) is 0 Å². The number of aromatic nitrogens is 1. The second-order valence-electron chi connectivity index (χ2n) is 5.30. The number of aliphatic hydroxyl groups excluding tert-OH is 1. The largest absolute Gasteiger partial charge is 0.396 e. The van der Waals surface area contributed by atoms with Crippen LogP contribution in [0.4, 0.5) is 10.6 Å². The van der Waals surface area contributed by atoms with Crippen LogP contribution >= 0.6 is 0 Å². The molecule has 0 aliphatic rings. The lowest BCUT2D eigenvalue weighted by Crippen LogP contribution is -2.33. The van der Waals surface area contributed by atoms with Crippen LogP contribution in [-0.4, -0.2) is 29.3 Å². The average molecular weight is 299 g/mol. The number of rotatable bonds is 5. The maximum Gasteiger partial charge on any atom is 0.320 e. The van der Waals surface area contributed by atoms with Crippen LogP contribution in [0, 0.1) is 13.8 Å². The summed E-state index contributed by atoms with van der Waals surface area (Å²) >= 11 is 0. The van der Waals surface area contributed by atoms with E-state index < -0.39 is 0 Å². The Labute approximate surface area is 130 Å². The fourth-order valence-electron chi connectivity index (χ4n) is 2.29. The number of nitrogens with zero attached hydrogens (tertiary/aromatic N) is 1. The Morgan fingerprint density at radius 2 is 1.95 bits per heavy atom. The summed E-state index contributed by atoms with van der Waals surface area (Å²) in [4.78, 5) is 16.2. The molecule has 116 valence electrons. The highest BCUT2D eigenvalue weighted by Crippen LogP contribution is 2.14. The van der Waals surface area contributed by atoms with Crippen molar-refractivity contribution in [1.82, 2.24) is 10.3 Å². The fraction of sp³-hybridized carbons (Fsp3) is 0.294. The topological polar surface area (TPSA) is 74.2 Å². The van der Waals surface area contributed by atoms with Crippen LogP contribution in [0.15, 0.2) is 42.5 Å². The number of nitrogens with one attached hydrogen (secondary N) is 2. The molecule has 2 amide bonds. The molecule has 1 aromatic carbocycles. The number of aryl methyl sites for hydroxylation is 2. The summed E-state index contributed by atoms with van der Waals surface area (Å²) in [5.74, 6) is 0.398. The molecule has 0 radical (unpaired) electrons. The molecule has 1 aromatic heterocycles. The molecule has 0 aliphatic heterocycles. The number of carbonyl (C=O) groups excluding carboxylic acids is 1. The number of hydrogen-bond acceptors (Lipinski definition) is 3. The van der Waals surface area contributed by atoms with Gasteiger partial charge in [0.05, 0.1) is 6.61 Å². The first-order valence-corrected chi connectivity index (χ1v) is 7.24.